The van der Waals surface area contributed by atoms with Gasteiger partial charge in [0.2, 0.25) is 23.4 Å². The van der Waals surface area contributed by atoms with Crippen LogP contribution in [0.2, 0.25) is 0 Å². The molecule has 1 saturated heterocycles. The summed E-state index contributed by atoms with van der Waals surface area (Å²) in [6.07, 6.45) is 5.38. The second kappa shape index (κ2) is 14.5. The molecule has 1 saturated carbocycles. The average molecular weight is 593 g/mol. The number of nitrogens with one attached hydrogen (secondary N) is 3. The molecule has 0 spiro atoms. The second-order valence-electron chi connectivity index (χ2n) is 12.2. The van der Waals surface area contributed by atoms with E-state index < -0.39 is 59.1 Å². The van der Waals surface area contributed by atoms with Crippen molar-refractivity contribution in [1.29, 1.82) is 0 Å². The van der Waals surface area contributed by atoms with Crippen LogP contribution in [-0.4, -0.2) is 75.9 Å². The summed E-state index contributed by atoms with van der Waals surface area (Å²) < 4.78 is 0. The molecule has 5 amide bonds. The first-order chi connectivity index (χ1) is 19.0. The number of carbonyl (C=O) groups is 6. The van der Waals surface area contributed by atoms with Gasteiger partial charge in [-0.2, -0.15) is 0 Å². The Kier molecular flexibility index (Phi) is 12.0. The zero-order valence-corrected chi connectivity index (χ0v) is 25.8. The Morgan fingerprint density at radius 3 is 2.10 bits per heavy atom. The standard InChI is InChI=1S/C24H36N6O6S.C4H8/c1-12(2)15(17(32)21-26-9-11-37-21)28-23(36)29-18(24(4,5)6)22(35)30-10-7-8-14(30)20(34)27-13(3)16(31)19(25)33;1-4-2-3-4/h9,11-15,18H,7-8,10H2,1-6H3,(H2,25,33)(H,27,34)(H2,28,29,36);4H,2-3H2,1H3/t13?,14-,15?,18?;/m0./s1. The number of thiazole rings is 1. The molecule has 1 aliphatic carbocycles. The van der Waals surface area contributed by atoms with Crippen LogP contribution < -0.4 is 21.7 Å². The molecule has 12 nitrogen and oxygen atoms in total. The van der Waals surface area contributed by atoms with Crippen LogP contribution >= 0.6 is 11.3 Å². The molecule has 4 atom stereocenters. The molecule has 13 heteroatoms. The Hall–Kier alpha value is -3.35. The van der Waals surface area contributed by atoms with Crippen LogP contribution in [0.5, 0.6) is 0 Å². The number of amides is 5. The van der Waals surface area contributed by atoms with E-state index in [2.05, 4.69) is 27.9 Å². The first kappa shape index (κ1) is 33.9. The van der Waals surface area contributed by atoms with E-state index in [9.17, 15) is 28.8 Å². The molecule has 2 aliphatic rings. The lowest BCUT2D eigenvalue weighted by atomic mass is 9.85. The molecule has 228 valence electrons. The van der Waals surface area contributed by atoms with Gasteiger partial charge in [-0.1, -0.05) is 54.4 Å². The maximum atomic E-state index is 13.6. The molecule has 1 aliphatic heterocycles. The highest BCUT2D eigenvalue weighted by Gasteiger charge is 2.42. The topological polar surface area (TPSA) is 181 Å². The van der Waals surface area contributed by atoms with Gasteiger partial charge in [0.05, 0.1) is 12.1 Å². The summed E-state index contributed by atoms with van der Waals surface area (Å²) in [4.78, 5) is 80.6. The summed E-state index contributed by atoms with van der Waals surface area (Å²) in [6, 6.07) is -4.57. The first-order valence-electron chi connectivity index (χ1n) is 14.0. The molecule has 5 N–H and O–H groups in total. The summed E-state index contributed by atoms with van der Waals surface area (Å²) in [5.41, 5.74) is 4.26. The lowest BCUT2D eigenvalue weighted by Crippen LogP contribution is -2.61. The zero-order valence-electron chi connectivity index (χ0n) is 25.0. The minimum absolute atomic E-state index is 0.234. The molecule has 2 fully saturated rings. The monoisotopic (exact) mass is 592 g/mol. The van der Waals surface area contributed by atoms with E-state index in [-0.39, 0.29) is 23.3 Å². The van der Waals surface area contributed by atoms with Gasteiger partial charge >= 0.3 is 6.03 Å². The molecule has 41 heavy (non-hydrogen) atoms. The van der Waals surface area contributed by atoms with E-state index in [0.717, 1.165) is 5.92 Å². The Balaban J connectivity index is 0.00000135. The largest absolute Gasteiger partial charge is 0.363 e. The van der Waals surface area contributed by atoms with E-state index in [0.29, 0.717) is 12.8 Å². The summed E-state index contributed by atoms with van der Waals surface area (Å²) in [5.74, 6) is -2.64. The van der Waals surface area contributed by atoms with E-state index in [1.165, 1.54) is 42.2 Å². The van der Waals surface area contributed by atoms with Crippen molar-refractivity contribution in [3.05, 3.63) is 16.6 Å². The molecule has 0 aromatic carbocycles. The van der Waals surface area contributed by atoms with Gasteiger partial charge in [-0.3, -0.25) is 24.0 Å². The summed E-state index contributed by atoms with van der Waals surface area (Å²) >= 11 is 1.18. The van der Waals surface area contributed by atoms with Crippen molar-refractivity contribution in [3.63, 3.8) is 0 Å². The molecule has 0 radical (unpaired) electrons. The van der Waals surface area contributed by atoms with Gasteiger partial charge in [0.15, 0.2) is 5.01 Å². The minimum Gasteiger partial charge on any atom is -0.363 e. The third kappa shape index (κ3) is 9.91. The number of carbonyl (C=O) groups excluding carboxylic acids is 6. The Bertz CT molecular complexity index is 1110. The predicted molar refractivity (Wildman–Crippen MR) is 155 cm³/mol. The SMILES string of the molecule is CC(NC(=O)[C@@H]1CCCN1C(=O)C(NC(=O)NC(C(=O)c1nccs1)C(C)C)C(C)(C)C)C(=O)C(N)=O.CC1CC1. The number of Topliss-reactive ketones (excluding diaryl/α,β-unsaturated/α-hetero) is 2. The number of rotatable bonds is 10. The van der Waals surface area contributed by atoms with Crippen molar-refractivity contribution in [2.75, 3.05) is 6.54 Å². The fourth-order valence-electron chi connectivity index (χ4n) is 4.20. The van der Waals surface area contributed by atoms with Crippen LogP contribution in [-0.2, 0) is 19.2 Å². The first-order valence-corrected chi connectivity index (χ1v) is 14.9. The van der Waals surface area contributed by atoms with Crippen molar-refractivity contribution < 1.29 is 28.8 Å². The number of hydrogen-bond acceptors (Lipinski definition) is 8. The number of urea groups is 1. The van der Waals surface area contributed by atoms with E-state index >= 15 is 0 Å². The number of ketones is 2. The molecule has 1 aromatic heterocycles. The van der Waals surface area contributed by atoms with Crippen molar-refractivity contribution >= 4 is 46.7 Å². The van der Waals surface area contributed by atoms with Gasteiger partial charge in [-0.25, -0.2) is 9.78 Å². The lowest BCUT2D eigenvalue weighted by molar-refractivity contribution is -0.143. The van der Waals surface area contributed by atoms with Crippen LogP contribution in [0, 0.1) is 17.3 Å². The van der Waals surface area contributed by atoms with Crippen molar-refractivity contribution in [2.45, 2.75) is 98.3 Å². The molecule has 0 bridgehead atoms. The van der Waals surface area contributed by atoms with Gasteiger partial charge in [-0.05, 0) is 37.0 Å². The molecule has 3 unspecified atom stereocenters. The Labute approximate surface area is 245 Å². The number of primary amides is 1. The van der Waals surface area contributed by atoms with Gasteiger partial charge in [0.1, 0.15) is 12.1 Å². The average Bonchev–Trinajstić information content (AvgIpc) is 3.32. The number of nitrogens with zero attached hydrogens (tertiary/aromatic N) is 2. The summed E-state index contributed by atoms with van der Waals surface area (Å²) in [6.45, 7) is 12.8. The van der Waals surface area contributed by atoms with Crippen molar-refractivity contribution in [1.82, 2.24) is 25.8 Å². The fourth-order valence-corrected chi connectivity index (χ4v) is 4.82. The molecule has 2 heterocycles. The molecular weight excluding hydrogens is 548 g/mol. The summed E-state index contributed by atoms with van der Waals surface area (Å²) in [5, 5.41) is 9.76. The number of nitrogens with two attached hydrogens (primary N) is 1. The van der Waals surface area contributed by atoms with Gasteiger partial charge in [-0.15, -0.1) is 11.3 Å². The minimum atomic E-state index is -1.16. The number of aromatic nitrogens is 1. The third-order valence-electron chi connectivity index (χ3n) is 6.97. The fraction of sp³-hybridized carbons (Fsp3) is 0.679. The van der Waals surface area contributed by atoms with Crippen LogP contribution in [0.15, 0.2) is 11.6 Å². The third-order valence-corrected chi connectivity index (χ3v) is 7.75. The normalized spacial score (nSPS) is 18.8. The van der Waals surface area contributed by atoms with E-state index in [1.54, 1.807) is 40.0 Å². The molecular formula is C28H44N6O6S. The maximum absolute atomic E-state index is 13.6. The highest BCUT2D eigenvalue weighted by molar-refractivity contribution is 7.11. The molecule has 3 rings (SSSR count). The van der Waals surface area contributed by atoms with Crippen LogP contribution in [0.25, 0.3) is 0 Å². The highest BCUT2D eigenvalue weighted by Crippen LogP contribution is 2.27. The van der Waals surface area contributed by atoms with Crippen molar-refractivity contribution in [3.8, 4) is 0 Å². The van der Waals surface area contributed by atoms with Crippen molar-refractivity contribution in [2.24, 2.45) is 23.0 Å². The molecule has 1 aromatic rings. The predicted octanol–water partition coefficient (Wildman–Crippen LogP) is 2.03. The van der Waals surface area contributed by atoms with Crippen LogP contribution in [0.3, 0.4) is 0 Å². The Morgan fingerprint density at radius 1 is 1.02 bits per heavy atom. The van der Waals surface area contributed by atoms with Crippen LogP contribution in [0.1, 0.15) is 84.0 Å². The second-order valence-corrected chi connectivity index (χ2v) is 13.1. The van der Waals surface area contributed by atoms with Gasteiger partial charge in [0, 0.05) is 18.1 Å². The zero-order chi connectivity index (χ0) is 31.1. The quantitative estimate of drug-likeness (QED) is 0.237. The number of likely N-dealkylation sites (tertiary alicyclic amines) is 1. The lowest BCUT2D eigenvalue weighted by Gasteiger charge is -2.36. The van der Waals surface area contributed by atoms with Gasteiger partial charge < -0.3 is 26.6 Å². The van der Waals surface area contributed by atoms with Gasteiger partial charge in [0.25, 0.3) is 5.91 Å². The maximum Gasteiger partial charge on any atom is 0.316 e. The summed E-state index contributed by atoms with van der Waals surface area (Å²) in [7, 11) is 0. The highest BCUT2D eigenvalue weighted by atomic mass is 32.1. The number of hydrogen-bond donors (Lipinski definition) is 4. The smallest absolute Gasteiger partial charge is 0.316 e. The van der Waals surface area contributed by atoms with E-state index in [4.69, 9.17) is 5.73 Å². The Morgan fingerprint density at radius 2 is 1.63 bits per heavy atom. The van der Waals surface area contributed by atoms with Crippen LogP contribution in [0.4, 0.5) is 4.79 Å². The van der Waals surface area contributed by atoms with E-state index in [1.807, 2.05) is 0 Å².